The van der Waals surface area contributed by atoms with Crippen LogP contribution in [0.5, 0.6) is 11.5 Å². The minimum atomic E-state index is -0.978. The van der Waals surface area contributed by atoms with E-state index in [-0.39, 0.29) is 6.61 Å². The van der Waals surface area contributed by atoms with Gasteiger partial charge in [-0.3, -0.25) is 14.4 Å². The van der Waals surface area contributed by atoms with Crippen molar-refractivity contribution in [2.45, 2.75) is 12.5 Å². The number of methoxy groups -OCH3 is 1. The van der Waals surface area contributed by atoms with Crippen LogP contribution in [-0.2, 0) is 4.79 Å². The maximum absolute atomic E-state index is 13.8. The second-order valence-corrected chi connectivity index (χ2v) is 10.0. The number of rotatable bonds is 13. The van der Waals surface area contributed by atoms with Gasteiger partial charge >= 0.3 is 0 Å². The zero-order valence-corrected chi connectivity index (χ0v) is 23.4. The summed E-state index contributed by atoms with van der Waals surface area (Å²) in [5, 5.41) is 17.3. The number of carbonyl (C=O) groups excluding carboxylic acids is 1. The topological polar surface area (TPSA) is 144 Å². The van der Waals surface area contributed by atoms with E-state index in [4.69, 9.17) is 20.3 Å². The number of piperazine rings is 1. The van der Waals surface area contributed by atoms with Crippen molar-refractivity contribution in [1.82, 2.24) is 29.5 Å². The van der Waals surface area contributed by atoms with Crippen LogP contribution in [0.4, 0.5) is 15.9 Å². The fraction of sp³-hybridized carbons (Fsp3) is 0.379. The molecule has 1 fully saturated rings. The highest BCUT2D eigenvalue weighted by Gasteiger charge is 2.22. The molecule has 2 aromatic carbocycles. The van der Waals surface area contributed by atoms with Gasteiger partial charge in [-0.2, -0.15) is 5.10 Å². The van der Waals surface area contributed by atoms with Gasteiger partial charge in [-0.25, -0.2) is 14.4 Å². The first-order valence-electron chi connectivity index (χ1n) is 13.8. The molecule has 1 unspecified atom stereocenters. The standard InChI is InChI=1S/C29H35FN8O4/c1-41-25-15-23-24(16-26(25)42-13-3-6-36-7-9-37(10-8-36)11-12-39)32-19-33-29(23)35-22-17-34-38(18-22)27(28(31)40)20-4-2-5-21(30)14-20/h2,4-5,14-19,27,39H,3,6-13H2,1H3,(H2,31,40)(H,32,33,35). The Labute approximate surface area is 242 Å². The lowest BCUT2D eigenvalue weighted by atomic mass is 10.1. The number of nitrogens with two attached hydrogens (primary N) is 1. The Morgan fingerprint density at radius 3 is 2.62 bits per heavy atom. The van der Waals surface area contributed by atoms with Gasteiger partial charge in [-0.15, -0.1) is 0 Å². The molecule has 0 radical (unpaired) electrons. The molecule has 42 heavy (non-hydrogen) atoms. The summed E-state index contributed by atoms with van der Waals surface area (Å²) in [6, 6.07) is 8.36. The van der Waals surface area contributed by atoms with Gasteiger partial charge in [0.2, 0.25) is 5.91 Å². The van der Waals surface area contributed by atoms with E-state index in [1.807, 2.05) is 12.1 Å². The largest absolute Gasteiger partial charge is 0.493 e. The summed E-state index contributed by atoms with van der Waals surface area (Å²) in [4.78, 5) is 25.7. The predicted octanol–water partition coefficient (Wildman–Crippen LogP) is 2.17. The highest BCUT2D eigenvalue weighted by Crippen LogP contribution is 2.35. The molecular formula is C29H35FN8O4. The van der Waals surface area contributed by atoms with Crippen LogP contribution in [0, 0.1) is 5.82 Å². The lowest BCUT2D eigenvalue weighted by molar-refractivity contribution is -0.120. The Hall–Kier alpha value is -4.33. The molecule has 1 amide bonds. The molecule has 1 atom stereocenters. The lowest BCUT2D eigenvalue weighted by Gasteiger charge is -2.34. The molecule has 3 heterocycles. The average molecular weight is 579 g/mol. The number of fused-ring (bicyclic) bond motifs is 1. The van der Waals surface area contributed by atoms with Crippen LogP contribution in [0.15, 0.2) is 55.1 Å². The van der Waals surface area contributed by atoms with E-state index in [1.54, 1.807) is 19.4 Å². The Morgan fingerprint density at radius 2 is 1.90 bits per heavy atom. The van der Waals surface area contributed by atoms with Gasteiger partial charge in [0.15, 0.2) is 17.5 Å². The zero-order chi connectivity index (χ0) is 29.5. The summed E-state index contributed by atoms with van der Waals surface area (Å²) < 4.78 is 26.9. The third-order valence-corrected chi connectivity index (χ3v) is 7.24. The molecular weight excluding hydrogens is 543 g/mol. The Bertz CT molecular complexity index is 1510. The summed E-state index contributed by atoms with van der Waals surface area (Å²) >= 11 is 0. The number of carbonyl (C=O) groups is 1. The smallest absolute Gasteiger partial charge is 0.246 e. The Morgan fingerprint density at radius 1 is 1.12 bits per heavy atom. The van der Waals surface area contributed by atoms with E-state index in [0.29, 0.717) is 46.1 Å². The molecule has 5 rings (SSSR count). The van der Waals surface area contributed by atoms with Crippen molar-refractivity contribution in [2.24, 2.45) is 5.73 Å². The van der Waals surface area contributed by atoms with Gasteiger partial charge in [0.1, 0.15) is 18.0 Å². The number of aliphatic hydroxyl groups excluding tert-OH is 1. The molecule has 222 valence electrons. The van der Waals surface area contributed by atoms with Crippen molar-refractivity contribution < 1.29 is 23.8 Å². The molecule has 1 aliphatic rings. The number of anilines is 2. The van der Waals surface area contributed by atoms with Crippen LogP contribution < -0.4 is 20.5 Å². The average Bonchev–Trinajstić information content (AvgIpc) is 3.43. The number of amides is 1. The summed E-state index contributed by atoms with van der Waals surface area (Å²) in [5.41, 5.74) is 7.23. The third-order valence-electron chi connectivity index (χ3n) is 7.24. The number of aromatic nitrogens is 4. The lowest BCUT2D eigenvalue weighted by Crippen LogP contribution is -2.47. The molecule has 0 aliphatic carbocycles. The van der Waals surface area contributed by atoms with E-state index in [0.717, 1.165) is 45.7 Å². The van der Waals surface area contributed by atoms with E-state index >= 15 is 0 Å². The molecule has 4 N–H and O–H groups in total. The van der Waals surface area contributed by atoms with E-state index in [1.165, 1.54) is 35.4 Å². The second kappa shape index (κ2) is 13.6. The molecule has 1 saturated heterocycles. The van der Waals surface area contributed by atoms with Crippen molar-refractivity contribution >= 4 is 28.3 Å². The fourth-order valence-electron chi connectivity index (χ4n) is 5.09. The number of nitrogens with one attached hydrogen (secondary N) is 1. The number of ether oxygens (including phenoxy) is 2. The van der Waals surface area contributed by atoms with Gasteiger partial charge in [-0.1, -0.05) is 12.1 Å². The monoisotopic (exact) mass is 578 g/mol. The van der Waals surface area contributed by atoms with E-state index < -0.39 is 17.8 Å². The highest BCUT2D eigenvalue weighted by atomic mass is 19.1. The number of benzene rings is 2. The van der Waals surface area contributed by atoms with Crippen LogP contribution in [0.3, 0.4) is 0 Å². The minimum absolute atomic E-state index is 0.198. The van der Waals surface area contributed by atoms with Crippen molar-refractivity contribution in [2.75, 3.05) is 64.9 Å². The number of hydrogen-bond acceptors (Lipinski definition) is 10. The number of β-amino-alcohol motifs (C(OH)–C–C–N with tert-alkyl or cyclic N) is 1. The third kappa shape index (κ3) is 6.93. The molecule has 0 spiro atoms. The first kappa shape index (κ1) is 29.2. The number of primary amides is 1. The number of halogens is 1. The van der Waals surface area contributed by atoms with Crippen molar-refractivity contribution in [3.05, 3.63) is 66.5 Å². The Balaban J connectivity index is 1.25. The molecule has 1 aliphatic heterocycles. The first-order chi connectivity index (χ1) is 20.4. The Kier molecular flexibility index (Phi) is 9.41. The number of aliphatic hydroxyl groups is 1. The first-order valence-corrected chi connectivity index (χ1v) is 13.8. The van der Waals surface area contributed by atoms with Crippen LogP contribution in [0.1, 0.15) is 18.0 Å². The van der Waals surface area contributed by atoms with Crippen molar-refractivity contribution in [3.63, 3.8) is 0 Å². The molecule has 13 heteroatoms. The number of hydrogen-bond donors (Lipinski definition) is 3. The quantitative estimate of drug-likeness (QED) is 0.202. The molecule has 0 bridgehead atoms. The van der Waals surface area contributed by atoms with E-state index in [9.17, 15) is 9.18 Å². The number of nitrogens with zero attached hydrogens (tertiary/aromatic N) is 6. The zero-order valence-electron chi connectivity index (χ0n) is 23.4. The van der Waals surface area contributed by atoms with Gasteiger partial charge < -0.3 is 30.5 Å². The molecule has 2 aromatic heterocycles. The summed E-state index contributed by atoms with van der Waals surface area (Å²) in [7, 11) is 1.58. The van der Waals surface area contributed by atoms with Gasteiger partial charge in [0, 0.05) is 56.9 Å². The summed E-state index contributed by atoms with van der Waals surface area (Å²) in [5.74, 6) is 0.511. The SMILES string of the molecule is COc1cc2c(Nc3cnn(C(C(N)=O)c4cccc(F)c4)c3)ncnc2cc1OCCCN1CCN(CCO)CC1. The van der Waals surface area contributed by atoms with Crippen LogP contribution in [0.2, 0.25) is 0 Å². The predicted molar refractivity (Wildman–Crippen MR) is 155 cm³/mol. The highest BCUT2D eigenvalue weighted by molar-refractivity contribution is 5.93. The normalized spacial score (nSPS) is 15.0. The van der Waals surface area contributed by atoms with Gasteiger partial charge in [-0.05, 0) is 30.2 Å². The van der Waals surface area contributed by atoms with Crippen LogP contribution in [-0.4, -0.2) is 100 Å². The summed E-state index contributed by atoms with van der Waals surface area (Å²) in [6.45, 7) is 6.30. The maximum atomic E-state index is 13.8. The van der Waals surface area contributed by atoms with Gasteiger partial charge in [0.25, 0.3) is 0 Å². The van der Waals surface area contributed by atoms with E-state index in [2.05, 4.69) is 30.2 Å². The molecule has 12 nitrogen and oxygen atoms in total. The second-order valence-electron chi connectivity index (χ2n) is 10.0. The fourth-order valence-corrected chi connectivity index (χ4v) is 5.09. The molecule has 0 saturated carbocycles. The van der Waals surface area contributed by atoms with Crippen molar-refractivity contribution in [1.29, 1.82) is 0 Å². The van der Waals surface area contributed by atoms with Gasteiger partial charge in [0.05, 0.1) is 37.7 Å². The minimum Gasteiger partial charge on any atom is -0.493 e. The van der Waals surface area contributed by atoms with Crippen LogP contribution >= 0.6 is 0 Å². The summed E-state index contributed by atoms with van der Waals surface area (Å²) in [6.07, 6.45) is 5.45. The maximum Gasteiger partial charge on any atom is 0.246 e. The van der Waals surface area contributed by atoms with Crippen LogP contribution in [0.25, 0.3) is 10.9 Å². The van der Waals surface area contributed by atoms with Crippen molar-refractivity contribution in [3.8, 4) is 11.5 Å². The molecule has 4 aromatic rings.